The third-order valence-corrected chi connectivity index (χ3v) is 18.1. The Morgan fingerprint density at radius 3 is 0.867 bits per heavy atom. The molecule has 0 aromatic heterocycles. The summed E-state index contributed by atoms with van der Waals surface area (Å²) in [5, 5.41) is 0. The molecule has 159 valence electrons. The zero-order valence-corrected chi connectivity index (χ0v) is 28.3. The van der Waals surface area contributed by atoms with Crippen LogP contribution in [0.25, 0.3) is 0 Å². The van der Waals surface area contributed by atoms with Gasteiger partial charge in [0.2, 0.25) is 0 Å². The van der Waals surface area contributed by atoms with Crippen molar-refractivity contribution in [3.8, 4) is 0 Å². The molecule has 3 aliphatic carbocycles. The maximum atomic E-state index is 2.37. The Bertz CT molecular complexity index is 452. The molecule has 0 nitrogen and oxygen atoms in total. The Morgan fingerprint density at radius 1 is 0.433 bits per heavy atom. The number of unbranched alkanes of at least 4 members (excludes halogenated alkanes) is 3. The quantitative estimate of drug-likeness (QED) is 0.188. The molecule has 3 aliphatic rings. The number of rotatable bonds is 12. The summed E-state index contributed by atoms with van der Waals surface area (Å²) < 4.78 is 7.56. The van der Waals surface area contributed by atoms with Gasteiger partial charge in [0.05, 0.1) is 0 Å². The second-order valence-electron chi connectivity index (χ2n) is 8.18. The number of hydrogen-bond acceptors (Lipinski definition) is 0. The van der Waals surface area contributed by atoms with Crippen molar-refractivity contribution in [1.29, 1.82) is 0 Å². The Hall–Kier alpha value is 1.75. The molecule has 0 aromatic carbocycles. The first-order valence-corrected chi connectivity index (χ1v) is 23.3. The minimum atomic E-state index is -0.218. The van der Waals surface area contributed by atoms with Gasteiger partial charge in [-0.25, -0.2) is 0 Å². The fourth-order valence-electron chi connectivity index (χ4n) is 3.36. The predicted octanol–water partition coefficient (Wildman–Crippen LogP) is 9.61. The van der Waals surface area contributed by atoms with Crippen LogP contribution in [0.1, 0.15) is 59.3 Å². The molecule has 0 atom stereocenters. The molecule has 3 heteroatoms. The van der Waals surface area contributed by atoms with Crippen molar-refractivity contribution in [3.63, 3.8) is 0 Å². The van der Waals surface area contributed by atoms with E-state index in [1.165, 1.54) is 38.5 Å². The molecule has 0 heterocycles. The Balaban J connectivity index is 0.000000225. The molecule has 0 radical (unpaired) electrons. The van der Waals surface area contributed by atoms with Crippen LogP contribution in [0.4, 0.5) is 0 Å². The molecule has 0 bridgehead atoms. The Labute approximate surface area is 234 Å². The third-order valence-electron chi connectivity index (χ3n) is 5.32. The molecular weight excluding hydrogens is 591 g/mol. The van der Waals surface area contributed by atoms with Gasteiger partial charge in [0.1, 0.15) is 0 Å². The topological polar surface area (TPSA) is 0 Å². The van der Waals surface area contributed by atoms with E-state index in [1.54, 1.807) is 9.69 Å². The summed E-state index contributed by atoms with van der Waals surface area (Å²) in [5.74, 6) is 0. The summed E-state index contributed by atoms with van der Waals surface area (Å²) in [6, 6.07) is 0. The van der Waals surface area contributed by atoms with E-state index in [1.807, 2.05) is 0 Å². The summed E-state index contributed by atoms with van der Waals surface area (Å²) in [6.45, 7) is 6.84. The van der Waals surface area contributed by atoms with E-state index in [2.05, 4.69) is 93.7 Å². The van der Waals surface area contributed by atoms with E-state index in [4.69, 9.17) is 0 Å². The van der Waals surface area contributed by atoms with Crippen molar-refractivity contribution < 1.29 is 87.6 Å². The molecule has 0 N–H and O–H groups in total. The molecular formula is C27H42Y3. The zero-order chi connectivity index (χ0) is 21.7. The third kappa shape index (κ3) is 17.3. The van der Waals surface area contributed by atoms with Crippen molar-refractivity contribution in [3.05, 3.63) is 72.9 Å². The van der Waals surface area contributed by atoms with Crippen LogP contribution in [0.2, 0.25) is 17.9 Å². The summed E-state index contributed by atoms with van der Waals surface area (Å²) in [7, 11) is 0. The van der Waals surface area contributed by atoms with Gasteiger partial charge in [-0.2, -0.15) is 0 Å². The second kappa shape index (κ2) is 22.5. The molecule has 0 unspecified atom stereocenters. The van der Waals surface area contributed by atoms with E-state index in [9.17, 15) is 0 Å². The molecule has 0 amide bonds. The van der Waals surface area contributed by atoms with Crippen LogP contribution < -0.4 is 0 Å². The standard InChI is InChI=1S/3C5H5.3C4H9.3Y/c3*1-2-4-5-3-1;3*1-3-4-2;;;/h3*1-5H;3*1,3-4H2,2H3;;;. The van der Waals surface area contributed by atoms with Crippen molar-refractivity contribution in [2.24, 2.45) is 0 Å². The predicted molar refractivity (Wildman–Crippen MR) is 125 cm³/mol. The van der Waals surface area contributed by atoms with Gasteiger partial charge in [-0.15, -0.1) is 0 Å². The van der Waals surface area contributed by atoms with Crippen LogP contribution in [0.5, 0.6) is 0 Å². The fraction of sp³-hybridized carbons (Fsp3) is 0.556. The second-order valence-corrected chi connectivity index (χ2v) is 21.6. The maximum absolute atomic E-state index is 2.37. The van der Waals surface area contributed by atoms with E-state index in [0.717, 1.165) is 8.19 Å². The van der Waals surface area contributed by atoms with E-state index in [-0.39, 0.29) is 87.6 Å². The average Bonchev–Trinajstić information content (AvgIpc) is 3.54. The Kier molecular flexibility index (Phi) is 22.4. The first-order chi connectivity index (χ1) is 14.8. The molecule has 0 fully saturated rings. The van der Waals surface area contributed by atoms with Gasteiger partial charge in [0, 0.05) is 0 Å². The van der Waals surface area contributed by atoms with Crippen LogP contribution >= 0.6 is 0 Å². The molecule has 3 rings (SSSR count). The van der Waals surface area contributed by atoms with Crippen LogP contribution in [0, 0.1) is 0 Å². The normalized spacial score (nSPS) is 16.1. The average molecular weight is 633 g/mol. The first kappa shape index (κ1) is 29.8. The van der Waals surface area contributed by atoms with Crippen LogP contribution in [-0.4, -0.2) is 0 Å². The minimum absolute atomic E-state index is 0.218. The number of allylic oxidation sites excluding steroid dienone is 12. The van der Waals surface area contributed by atoms with Crippen molar-refractivity contribution in [1.82, 2.24) is 0 Å². The van der Waals surface area contributed by atoms with E-state index < -0.39 is 0 Å². The summed E-state index contributed by atoms with van der Waals surface area (Å²) in [6.07, 6.45) is 36.0. The molecule has 0 aromatic rings. The molecule has 0 aliphatic heterocycles. The SMILES string of the molecule is CCC[CH2][Y][CH]1C=CC=C1.CCC[CH2][Y][CH]1C=CC=C1.CCC[CH2][Y][CH]1C=CC=C1. The molecule has 0 saturated heterocycles. The van der Waals surface area contributed by atoms with Crippen molar-refractivity contribution in [2.75, 3.05) is 0 Å². The summed E-state index contributed by atoms with van der Waals surface area (Å²) in [4.78, 5) is 0. The Morgan fingerprint density at radius 2 is 0.667 bits per heavy atom. The summed E-state index contributed by atoms with van der Waals surface area (Å²) in [5.41, 5.74) is 0. The summed E-state index contributed by atoms with van der Waals surface area (Å²) >= 11 is -0.655. The fourth-order valence-corrected chi connectivity index (χ4v) is 15.2. The van der Waals surface area contributed by atoms with Crippen molar-refractivity contribution >= 4 is 0 Å². The number of hydrogen-bond donors (Lipinski definition) is 0. The van der Waals surface area contributed by atoms with Gasteiger partial charge in [0.25, 0.3) is 0 Å². The van der Waals surface area contributed by atoms with E-state index in [0.29, 0.717) is 0 Å². The first-order valence-electron chi connectivity index (χ1n) is 12.3. The molecule has 0 saturated carbocycles. The van der Waals surface area contributed by atoms with Crippen molar-refractivity contribution in [2.45, 2.75) is 77.2 Å². The van der Waals surface area contributed by atoms with Crippen LogP contribution in [-0.2, 0) is 87.6 Å². The van der Waals surface area contributed by atoms with Gasteiger partial charge in [-0.05, 0) is 0 Å². The monoisotopic (exact) mass is 633 g/mol. The molecule has 0 spiro atoms. The van der Waals surface area contributed by atoms with Gasteiger partial charge in [0.15, 0.2) is 0 Å². The van der Waals surface area contributed by atoms with Gasteiger partial charge >= 0.3 is 238 Å². The zero-order valence-electron chi connectivity index (χ0n) is 19.8. The van der Waals surface area contributed by atoms with Gasteiger partial charge < -0.3 is 0 Å². The van der Waals surface area contributed by atoms with Crippen LogP contribution in [0.3, 0.4) is 0 Å². The van der Waals surface area contributed by atoms with E-state index >= 15 is 0 Å². The van der Waals surface area contributed by atoms with Crippen LogP contribution in [0.15, 0.2) is 72.9 Å². The molecule has 30 heavy (non-hydrogen) atoms. The van der Waals surface area contributed by atoms with Gasteiger partial charge in [-0.3, -0.25) is 0 Å². The van der Waals surface area contributed by atoms with Gasteiger partial charge in [-0.1, -0.05) is 0 Å².